The molecule has 0 saturated carbocycles. The zero-order valence-electron chi connectivity index (χ0n) is 8.55. The van der Waals surface area contributed by atoms with Crippen LogP contribution in [0.25, 0.3) is 10.8 Å². The largest absolute Gasteiger partial charge is 0.389 e. The first-order valence-electron chi connectivity index (χ1n) is 4.99. The van der Waals surface area contributed by atoms with Crippen LogP contribution in [0.2, 0.25) is 0 Å². The number of hydrogen-bond donors (Lipinski definition) is 2. The number of benzene rings is 1. The van der Waals surface area contributed by atoms with Gasteiger partial charge in [-0.1, -0.05) is 24.3 Å². The summed E-state index contributed by atoms with van der Waals surface area (Å²) < 4.78 is 0. The molecule has 0 saturated heterocycles. The van der Waals surface area contributed by atoms with E-state index in [2.05, 4.69) is 4.98 Å². The van der Waals surface area contributed by atoms with Crippen LogP contribution in [0, 0.1) is 0 Å². The van der Waals surface area contributed by atoms with Crippen molar-refractivity contribution in [1.82, 2.24) is 4.98 Å². The first-order valence-corrected chi connectivity index (χ1v) is 5.52. The minimum atomic E-state index is -1.00. The standard InChI is InChI=1S/C12H12ClNO2/c13-5-11(15)12(16)10-7-14-6-8-3-1-2-4-9(8)10/h1-4,6-7,11-12,15-16H,5H2. The van der Waals surface area contributed by atoms with Crippen LogP contribution in [0.3, 0.4) is 0 Å². The van der Waals surface area contributed by atoms with Gasteiger partial charge in [0.15, 0.2) is 0 Å². The molecule has 0 aliphatic rings. The third-order valence-electron chi connectivity index (χ3n) is 2.54. The van der Waals surface area contributed by atoms with Gasteiger partial charge in [0, 0.05) is 23.3 Å². The molecule has 0 bridgehead atoms. The number of aromatic nitrogens is 1. The number of halogens is 1. The van der Waals surface area contributed by atoms with Crippen molar-refractivity contribution in [2.75, 3.05) is 5.88 Å². The third-order valence-corrected chi connectivity index (χ3v) is 2.86. The molecular weight excluding hydrogens is 226 g/mol. The van der Waals surface area contributed by atoms with Crippen LogP contribution in [-0.2, 0) is 0 Å². The molecule has 0 amide bonds. The quantitative estimate of drug-likeness (QED) is 0.802. The second-order valence-corrected chi connectivity index (χ2v) is 3.92. The van der Waals surface area contributed by atoms with E-state index in [4.69, 9.17) is 11.6 Å². The summed E-state index contributed by atoms with van der Waals surface area (Å²) in [6.07, 6.45) is 1.30. The summed E-state index contributed by atoms with van der Waals surface area (Å²) >= 11 is 5.52. The number of alkyl halides is 1. The Labute approximate surface area is 98.3 Å². The minimum absolute atomic E-state index is 0.00954. The Morgan fingerprint density at radius 3 is 2.69 bits per heavy atom. The second-order valence-electron chi connectivity index (χ2n) is 3.62. The van der Waals surface area contributed by atoms with Crippen LogP contribution in [0.5, 0.6) is 0 Å². The Morgan fingerprint density at radius 2 is 1.94 bits per heavy atom. The molecule has 0 aliphatic heterocycles. The van der Waals surface area contributed by atoms with Crippen molar-refractivity contribution < 1.29 is 10.2 Å². The molecule has 3 nitrogen and oxygen atoms in total. The summed E-state index contributed by atoms with van der Waals surface area (Å²) in [5.41, 5.74) is 0.603. The van der Waals surface area contributed by atoms with Gasteiger partial charge >= 0.3 is 0 Å². The van der Waals surface area contributed by atoms with Gasteiger partial charge in [-0.2, -0.15) is 0 Å². The smallest absolute Gasteiger partial charge is 0.108 e. The van der Waals surface area contributed by atoms with Gasteiger partial charge in [0.1, 0.15) is 6.10 Å². The molecular formula is C12H12ClNO2. The van der Waals surface area contributed by atoms with E-state index in [9.17, 15) is 10.2 Å². The SMILES string of the molecule is OC(CCl)C(O)c1cncc2ccccc12. The number of hydrogen-bond acceptors (Lipinski definition) is 3. The summed E-state index contributed by atoms with van der Waals surface area (Å²) in [5.74, 6) is -0.00954. The molecule has 2 N–H and O–H groups in total. The number of aliphatic hydroxyl groups excluding tert-OH is 2. The van der Waals surface area contributed by atoms with Crippen LogP contribution in [0.15, 0.2) is 36.7 Å². The molecule has 0 spiro atoms. The van der Waals surface area contributed by atoms with E-state index in [1.54, 1.807) is 12.4 Å². The van der Waals surface area contributed by atoms with Gasteiger partial charge in [0.25, 0.3) is 0 Å². The van der Waals surface area contributed by atoms with Crippen molar-refractivity contribution in [2.24, 2.45) is 0 Å². The van der Waals surface area contributed by atoms with Gasteiger partial charge in [-0.25, -0.2) is 0 Å². The first-order chi connectivity index (χ1) is 7.74. The normalized spacial score (nSPS) is 14.9. The van der Waals surface area contributed by atoms with Crippen molar-refractivity contribution in [2.45, 2.75) is 12.2 Å². The molecule has 2 rings (SSSR count). The van der Waals surface area contributed by atoms with Crippen LogP contribution in [0.4, 0.5) is 0 Å². The van der Waals surface area contributed by atoms with Crippen LogP contribution >= 0.6 is 11.6 Å². The number of rotatable bonds is 3. The monoisotopic (exact) mass is 237 g/mol. The lowest BCUT2D eigenvalue weighted by atomic mass is 10.0. The third kappa shape index (κ3) is 2.02. The summed E-state index contributed by atoms with van der Waals surface area (Å²) in [4.78, 5) is 4.04. The molecule has 2 atom stereocenters. The molecule has 0 radical (unpaired) electrons. The van der Waals surface area contributed by atoms with E-state index >= 15 is 0 Å². The van der Waals surface area contributed by atoms with Crippen molar-refractivity contribution in [3.63, 3.8) is 0 Å². The van der Waals surface area contributed by atoms with E-state index < -0.39 is 12.2 Å². The first kappa shape index (κ1) is 11.3. The maximum absolute atomic E-state index is 9.91. The highest BCUT2D eigenvalue weighted by Gasteiger charge is 2.19. The van der Waals surface area contributed by atoms with Gasteiger partial charge < -0.3 is 10.2 Å². The van der Waals surface area contributed by atoms with Gasteiger partial charge in [0.05, 0.1) is 12.0 Å². The Hall–Kier alpha value is -1.16. The lowest BCUT2D eigenvalue weighted by Gasteiger charge is -2.17. The van der Waals surface area contributed by atoms with Crippen LogP contribution < -0.4 is 0 Å². The number of aliphatic hydroxyl groups is 2. The highest BCUT2D eigenvalue weighted by molar-refractivity contribution is 6.18. The van der Waals surface area contributed by atoms with Crippen molar-refractivity contribution in [3.8, 4) is 0 Å². The van der Waals surface area contributed by atoms with Crippen LogP contribution in [0.1, 0.15) is 11.7 Å². The van der Waals surface area contributed by atoms with Gasteiger partial charge in [-0.05, 0) is 5.39 Å². The topological polar surface area (TPSA) is 53.4 Å². The summed E-state index contributed by atoms with van der Waals surface area (Å²) in [5, 5.41) is 21.3. The summed E-state index contributed by atoms with van der Waals surface area (Å²) in [6.45, 7) is 0. The van der Waals surface area contributed by atoms with Crippen molar-refractivity contribution in [3.05, 3.63) is 42.2 Å². The average molecular weight is 238 g/mol. The van der Waals surface area contributed by atoms with E-state index in [-0.39, 0.29) is 5.88 Å². The maximum Gasteiger partial charge on any atom is 0.108 e. The molecule has 0 aliphatic carbocycles. The minimum Gasteiger partial charge on any atom is -0.389 e. The second kappa shape index (κ2) is 4.78. The van der Waals surface area contributed by atoms with Crippen molar-refractivity contribution in [1.29, 1.82) is 0 Å². The highest BCUT2D eigenvalue weighted by atomic mass is 35.5. The molecule has 16 heavy (non-hydrogen) atoms. The average Bonchev–Trinajstić information content (AvgIpc) is 2.36. The van der Waals surface area contributed by atoms with E-state index in [1.165, 1.54) is 0 Å². The van der Waals surface area contributed by atoms with E-state index in [0.717, 1.165) is 10.8 Å². The lowest BCUT2D eigenvalue weighted by Crippen LogP contribution is -2.20. The fourth-order valence-electron chi connectivity index (χ4n) is 1.67. The van der Waals surface area contributed by atoms with E-state index in [0.29, 0.717) is 5.56 Å². The summed E-state index contributed by atoms with van der Waals surface area (Å²) in [6, 6.07) is 7.58. The zero-order valence-corrected chi connectivity index (χ0v) is 9.30. The van der Waals surface area contributed by atoms with Crippen molar-refractivity contribution >= 4 is 22.4 Å². The molecule has 2 aromatic rings. The fraction of sp³-hybridized carbons (Fsp3) is 0.250. The molecule has 84 valence electrons. The summed E-state index contributed by atoms with van der Waals surface area (Å²) in [7, 11) is 0. The van der Waals surface area contributed by atoms with E-state index in [1.807, 2.05) is 24.3 Å². The van der Waals surface area contributed by atoms with Gasteiger partial charge in [-0.3, -0.25) is 4.98 Å². The Kier molecular flexibility index (Phi) is 3.39. The Balaban J connectivity index is 2.52. The molecule has 1 heterocycles. The molecule has 1 aromatic carbocycles. The van der Waals surface area contributed by atoms with Crippen LogP contribution in [-0.4, -0.2) is 27.2 Å². The lowest BCUT2D eigenvalue weighted by molar-refractivity contribution is 0.0334. The fourth-order valence-corrected chi connectivity index (χ4v) is 1.84. The molecule has 0 fully saturated rings. The predicted octanol–water partition coefficient (Wildman–Crippen LogP) is 1.87. The Morgan fingerprint density at radius 1 is 1.19 bits per heavy atom. The predicted molar refractivity (Wildman–Crippen MR) is 63.4 cm³/mol. The zero-order chi connectivity index (χ0) is 11.5. The molecule has 1 aromatic heterocycles. The maximum atomic E-state index is 9.91. The number of pyridine rings is 1. The number of fused-ring (bicyclic) bond motifs is 1. The van der Waals surface area contributed by atoms with Gasteiger partial charge in [-0.15, -0.1) is 11.6 Å². The highest BCUT2D eigenvalue weighted by Crippen LogP contribution is 2.25. The Bertz CT molecular complexity index is 484. The number of nitrogens with zero attached hydrogens (tertiary/aromatic N) is 1. The molecule has 4 heteroatoms. The van der Waals surface area contributed by atoms with Gasteiger partial charge in [0.2, 0.25) is 0 Å². The molecule has 2 unspecified atom stereocenters.